The van der Waals surface area contributed by atoms with Crippen molar-refractivity contribution in [1.82, 2.24) is 14.7 Å². The van der Waals surface area contributed by atoms with Crippen molar-refractivity contribution < 1.29 is 9.90 Å². The fourth-order valence-corrected chi connectivity index (χ4v) is 2.50. The van der Waals surface area contributed by atoms with Crippen LogP contribution in [0.3, 0.4) is 0 Å². The molecule has 19 heavy (non-hydrogen) atoms. The average molecular weight is 266 g/mol. The van der Waals surface area contributed by atoms with Crippen LogP contribution in [-0.2, 0) is 4.79 Å². The standard InChI is InChI=1S/C13H22N4O2/c1-10(2)17-12(5-6-14-17)15-13(19)8-16-7-3-4-11(16)9-18/h5-6,10-11,18H,3-4,7-9H2,1-2H3,(H,15,19). The number of anilines is 1. The Balaban J connectivity index is 1.92. The summed E-state index contributed by atoms with van der Waals surface area (Å²) in [4.78, 5) is 14.1. The Kier molecular flexibility index (Phi) is 4.55. The molecule has 1 amide bonds. The molecule has 106 valence electrons. The van der Waals surface area contributed by atoms with Gasteiger partial charge in [-0.25, -0.2) is 4.68 Å². The fourth-order valence-electron chi connectivity index (χ4n) is 2.50. The number of carbonyl (C=O) groups excluding carboxylic acids is 1. The molecular weight excluding hydrogens is 244 g/mol. The van der Waals surface area contributed by atoms with Crippen LogP contribution in [0.2, 0.25) is 0 Å². The molecule has 1 aliphatic heterocycles. The van der Waals surface area contributed by atoms with E-state index >= 15 is 0 Å². The first-order valence-corrected chi connectivity index (χ1v) is 6.80. The Morgan fingerprint density at radius 3 is 3.11 bits per heavy atom. The lowest BCUT2D eigenvalue weighted by Crippen LogP contribution is -2.38. The number of hydrogen-bond donors (Lipinski definition) is 2. The lowest BCUT2D eigenvalue weighted by molar-refractivity contribution is -0.117. The minimum absolute atomic E-state index is 0.0530. The van der Waals surface area contributed by atoms with Crippen LogP contribution < -0.4 is 5.32 Å². The van der Waals surface area contributed by atoms with Gasteiger partial charge in [0.1, 0.15) is 5.82 Å². The summed E-state index contributed by atoms with van der Waals surface area (Å²) < 4.78 is 1.78. The molecule has 0 saturated carbocycles. The molecular formula is C13H22N4O2. The van der Waals surface area contributed by atoms with Crippen LogP contribution in [0.25, 0.3) is 0 Å². The number of amides is 1. The van der Waals surface area contributed by atoms with E-state index in [0.29, 0.717) is 6.54 Å². The number of rotatable bonds is 5. The normalized spacial score (nSPS) is 20.1. The number of hydrogen-bond acceptors (Lipinski definition) is 4. The van der Waals surface area contributed by atoms with Crippen molar-refractivity contribution >= 4 is 11.7 Å². The molecule has 0 spiro atoms. The summed E-state index contributed by atoms with van der Waals surface area (Å²) in [6.07, 6.45) is 3.69. The molecule has 6 nitrogen and oxygen atoms in total. The molecule has 1 saturated heterocycles. The van der Waals surface area contributed by atoms with Gasteiger partial charge in [0.15, 0.2) is 0 Å². The maximum atomic E-state index is 12.0. The molecule has 0 bridgehead atoms. The number of aromatic nitrogens is 2. The lowest BCUT2D eigenvalue weighted by atomic mass is 10.2. The van der Waals surface area contributed by atoms with Crippen molar-refractivity contribution in [2.75, 3.05) is 25.0 Å². The molecule has 1 aliphatic rings. The van der Waals surface area contributed by atoms with Crippen LogP contribution in [0.15, 0.2) is 12.3 Å². The van der Waals surface area contributed by atoms with Gasteiger partial charge in [-0.3, -0.25) is 9.69 Å². The first kappa shape index (κ1) is 14.0. The molecule has 1 atom stereocenters. The topological polar surface area (TPSA) is 70.4 Å². The molecule has 2 rings (SSSR count). The summed E-state index contributed by atoms with van der Waals surface area (Å²) in [5.41, 5.74) is 0. The minimum Gasteiger partial charge on any atom is -0.395 e. The number of likely N-dealkylation sites (tertiary alicyclic amines) is 1. The van der Waals surface area contributed by atoms with Crippen molar-refractivity contribution in [3.8, 4) is 0 Å². The van der Waals surface area contributed by atoms with Crippen LogP contribution in [0.5, 0.6) is 0 Å². The number of nitrogens with one attached hydrogen (secondary N) is 1. The van der Waals surface area contributed by atoms with Crippen LogP contribution in [-0.4, -0.2) is 51.4 Å². The zero-order valence-corrected chi connectivity index (χ0v) is 11.5. The Hall–Kier alpha value is -1.40. The number of carbonyl (C=O) groups is 1. The molecule has 2 heterocycles. The van der Waals surface area contributed by atoms with Gasteiger partial charge in [0, 0.05) is 18.2 Å². The average Bonchev–Trinajstić information content (AvgIpc) is 2.97. The van der Waals surface area contributed by atoms with Crippen LogP contribution in [0.4, 0.5) is 5.82 Å². The summed E-state index contributed by atoms with van der Waals surface area (Å²) in [7, 11) is 0. The van der Waals surface area contributed by atoms with Crippen LogP contribution in [0.1, 0.15) is 32.7 Å². The van der Waals surface area contributed by atoms with Crippen molar-refractivity contribution in [1.29, 1.82) is 0 Å². The molecule has 0 aliphatic carbocycles. The highest BCUT2D eigenvalue weighted by atomic mass is 16.3. The van der Waals surface area contributed by atoms with Gasteiger partial charge in [0.25, 0.3) is 0 Å². The van der Waals surface area contributed by atoms with E-state index in [2.05, 4.69) is 10.4 Å². The Morgan fingerprint density at radius 2 is 2.42 bits per heavy atom. The van der Waals surface area contributed by atoms with Gasteiger partial charge in [0.05, 0.1) is 19.3 Å². The van der Waals surface area contributed by atoms with Gasteiger partial charge in [-0.15, -0.1) is 0 Å². The third-order valence-corrected chi connectivity index (χ3v) is 3.48. The smallest absolute Gasteiger partial charge is 0.239 e. The van der Waals surface area contributed by atoms with E-state index in [0.717, 1.165) is 25.2 Å². The molecule has 2 N–H and O–H groups in total. The Labute approximate surface area is 113 Å². The molecule has 1 unspecified atom stereocenters. The molecule has 0 radical (unpaired) electrons. The van der Waals surface area contributed by atoms with Crippen molar-refractivity contribution in [2.45, 2.75) is 38.8 Å². The van der Waals surface area contributed by atoms with Crippen molar-refractivity contribution in [2.24, 2.45) is 0 Å². The van der Waals surface area contributed by atoms with Gasteiger partial charge in [0.2, 0.25) is 5.91 Å². The summed E-state index contributed by atoms with van der Waals surface area (Å²) in [6.45, 7) is 5.36. The van der Waals surface area contributed by atoms with E-state index in [9.17, 15) is 9.90 Å². The second-order valence-electron chi connectivity index (χ2n) is 5.25. The van der Waals surface area contributed by atoms with Gasteiger partial charge in [-0.1, -0.05) is 0 Å². The first-order chi connectivity index (χ1) is 9.11. The second kappa shape index (κ2) is 6.16. The van der Waals surface area contributed by atoms with E-state index in [1.54, 1.807) is 16.9 Å². The highest BCUT2D eigenvalue weighted by Gasteiger charge is 2.25. The Bertz CT molecular complexity index is 430. The quantitative estimate of drug-likeness (QED) is 0.829. The van der Waals surface area contributed by atoms with Gasteiger partial charge >= 0.3 is 0 Å². The molecule has 1 aromatic rings. The van der Waals surface area contributed by atoms with E-state index in [4.69, 9.17) is 0 Å². The van der Waals surface area contributed by atoms with Gasteiger partial charge in [-0.05, 0) is 33.2 Å². The summed E-state index contributed by atoms with van der Waals surface area (Å²) in [5, 5.41) is 16.3. The maximum Gasteiger partial charge on any atom is 0.239 e. The van der Waals surface area contributed by atoms with Crippen molar-refractivity contribution in [3.05, 3.63) is 12.3 Å². The third kappa shape index (κ3) is 3.33. The number of aliphatic hydroxyl groups excluding tert-OH is 1. The van der Waals surface area contributed by atoms with Crippen molar-refractivity contribution in [3.63, 3.8) is 0 Å². The second-order valence-corrected chi connectivity index (χ2v) is 5.25. The van der Waals surface area contributed by atoms with Gasteiger partial charge < -0.3 is 10.4 Å². The minimum atomic E-state index is -0.0530. The number of aliphatic hydroxyl groups is 1. The summed E-state index contributed by atoms with van der Waals surface area (Å²) in [5.74, 6) is 0.669. The largest absolute Gasteiger partial charge is 0.395 e. The monoisotopic (exact) mass is 266 g/mol. The predicted molar refractivity (Wildman–Crippen MR) is 72.9 cm³/mol. The van der Waals surface area contributed by atoms with E-state index < -0.39 is 0 Å². The zero-order valence-electron chi connectivity index (χ0n) is 11.5. The fraction of sp³-hybridized carbons (Fsp3) is 0.692. The van der Waals surface area contributed by atoms with Crippen LogP contribution >= 0.6 is 0 Å². The molecule has 0 aromatic carbocycles. The maximum absolute atomic E-state index is 12.0. The first-order valence-electron chi connectivity index (χ1n) is 6.80. The molecule has 6 heteroatoms. The number of nitrogens with zero attached hydrogens (tertiary/aromatic N) is 3. The van der Waals surface area contributed by atoms with Crippen LogP contribution in [0, 0.1) is 0 Å². The summed E-state index contributed by atoms with van der Waals surface area (Å²) in [6, 6.07) is 2.13. The SMILES string of the molecule is CC(C)n1nccc1NC(=O)CN1CCCC1CO. The highest BCUT2D eigenvalue weighted by Crippen LogP contribution is 2.17. The summed E-state index contributed by atoms with van der Waals surface area (Å²) >= 11 is 0. The third-order valence-electron chi connectivity index (χ3n) is 3.48. The zero-order chi connectivity index (χ0) is 13.8. The lowest BCUT2D eigenvalue weighted by Gasteiger charge is -2.22. The van der Waals surface area contributed by atoms with E-state index in [1.807, 2.05) is 18.7 Å². The molecule has 1 fully saturated rings. The highest BCUT2D eigenvalue weighted by molar-refractivity contribution is 5.91. The van der Waals surface area contributed by atoms with E-state index in [-0.39, 0.29) is 24.6 Å². The van der Waals surface area contributed by atoms with E-state index in [1.165, 1.54) is 0 Å². The molecule has 1 aromatic heterocycles. The predicted octanol–water partition coefficient (Wildman–Crippen LogP) is 0.859. The Morgan fingerprint density at radius 1 is 1.63 bits per heavy atom. The van der Waals surface area contributed by atoms with Gasteiger partial charge in [-0.2, -0.15) is 5.10 Å².